The van der Waals surface area contributed by atoms with Gasteiger partial charge in [-0.05, 0) is 59.4 Å². The lowest BCUT2D eigenvalue weighted by atomic mass is 10.1. The van der Waals surface area contributed by atoms with Gasteiger partial charge < -0.3 is 20.1 Å². The zero-order valence-electron chi connectivity index (χ0n) is 13.2. The van der Waals surface area contributed by atoms with Gasteiger partial charge in [-0.15, -0.1) is 0 Å². The van der Waals surface area contributed by atoms with Gasteiger partial charge in [-0.1, -0.05) is 0 Å². The first-order chi connectivity index (χ1) is 9.42. The molecule has 0 unspecified atom stereocenters. The highest BCUT2D eigenvalue weighted by Gasteiger charge is 2.26. The molecular weight excluding hydrogens is 256 g/mol. The van der Waals surface area contributed by atoms with E-state index < -0.39 is 5.60 Å². The molecule has 1 aliphatic rings. The Bertz CT molecular complexity index is 281. The molecule has 0 radical (unpaired) electrons. The fourth-order valence-electron chi connectivity index (χ4n) is 2.31. The summed E-state index contributed by atoms with van der Waals surface area (Å²) < 4.78 is 5.38. The lowest BCUT2D eigenvalue weighted by Crippen LogP contribution is -2.46. The quantitative estimate of drug-likeness (QED) is 0.734. The predicted octanol–water partition coefficient (Wildman–Crippen LogP) is 2.14. The Kier molecular flexibility index (Phi) is 7.30. The van der Waals surface area contributed by atoms with Gasteiger partial charge in [0.25, 0.3) is 0 Å². The number of aliphatic hydroxyl groups excluding tert-OH is 1. The highest BCUT2D eigenvalue weighted by Crippen LogP contribution is 2.15. The number of unbranched alkanes of at least 4 members (excludes halogenated alkanes) is 2. The fourth-order valence-corrected chi connectivity index (χ4v) is 2.31. The summed E-state index contributed by atoms with van der Waals surface area (Å²) in [4.78, 5) is 13.7. The van der Waals surface area contributed by atoms with Crippen molar-refractivity contribution >= 4 is 6.09 Å². The second kappa shape index (κ2) is 8.47. The SMILES string of the molecule is CC(C)(C)OC(=O)N1CCC(NCCCCCO)CC1. The standard InChI is InChI=1S/C15H30N2O3/c1-15(2,3)20-14(19)17-10-7-13(8-11-17)16-9-5-4-6-12-18/h13,16,18H,4-12H2,1-3H3. The van der Waals surface area contributed by atoms with Crippen molar-refractivity contribution < 1.29 is 14.6 Å². The molecule has 0 aliphatic carbocycles. The number of rotatable bonds is 6. The molecule has 0 aromatic heterocycles. The Hall–Kier alpha value is -0.810. The van der Waals surface area contributed by atoms with Gasteiger partial charge in [0.2, 0.25) is 0 Å². The van der Waals surface area contributed by atoms with Crippen LogP contribution < -0.4 is 5.32 Å². The van der Waals surface area contributed by atoms with E-state index in [1.54, 1.807) is 4.90 Å². The number of aliphatic hydroxyl groups is 1. The molecule has 1 aliphatic heterocycles. The number of nitrogens with one attached hydrogen (secondary N) is 1. The van der Waals surface area contributed by atoms with E-state index in [2.05, 4.69) is 5.32 Å². The van der Waals surface area contributed by atoms with Gasteiger partial charge in [-0.3, -0.25) is 0 Å². The zero-order valence-corrected chi connectivity index (χ0v) is 13.2. The van der Waals surface area contributed by atoms with Crippen molar-refractivity contribution in [3.8, 4) is 0 Å². The number of likely N-dealkylation sites (tertiary alicyclic amines) is 1. The first-order valence-electron chi connectivity index (χ1n) is 7.74. The molecule has 1 heterocycles. The minimum Gasteiger partial charge on any atom is -0.444 e. The van der Waals surface area contributed by atoms with E-state index >= 15 is 0 Å². The maximum atomic E-state index is 11.9. The van der Waals surface area contributed by atoms with Gasteiger partial charge in [0.1, 0.15) is 5.60 Å². The zero-order chi connectivity index (χ0) is 15.0. The maximum absolute atomic E-state index is 11.9. The smallest absolute Gasteiger partial charge is 0.410 e. The molecule has 1 saturated heterocycles. The summed E-state index contributed by atoms with van der Waals surface area (Å²) in [6.07, 6.45) is 4.84. The van der Waals surface area contributed by atoms with Crippen LogP contribution in [-0.4, -0.2) is 54.0 Å². The Balaban J connectivity index is 2.15. The summed E-state index contributed by atoms with van der Waals surface area (Å²) in [5, 5.41) is 12.2. The lowest BCUT2D eigenvalue weighted by Gasteiger charge is -2.33. The molecule has 5 heteroatoms. The average molecular weight is 286 g/mol. The number of hydrogen-bond acceptors (Lipinski definition) is 4. The third kappa shape index (κ3) is 7.10. The highest BCUT2D eigenvalue weighted by atomic mass is 16.6. The number of carbonyl (C=O) groups is 1. The number of amides is 1. The molecule has 0 bridgehead atoms. The summed E-state index contributed by atoms with van der Waals surface area (Å²) in [6, 6.07) is 0.503. The molecule has 0 aromatic carbocycles. The normalized spacial score (nSPS) is 17.3. The molecule has 2 N–H and O–H groups in total. The molecule has 1 fully saturated rings. The third-order valence-corrected chi connectivity index (χ3v) is 3.41. The molecule has 20 heavy (non-hydrogen) atoms. The van der Waals surface area contributed by atoms with Gasteiger partial charge in [0, 0.05) is 25.7 Å². The van der Waals surface area contributed by atoms with Gasteiger partial charge >= 0.3 is 6.09 Å². The Morgan fingerprint density at radius 1 is 1.25 bits per heavy atom. The van der Waals surface area contributed by atoms with Crippen molar-refractivity contribution in [2.75, 3.05) is 26.2 Å². The van der Waals surface area contributed by atoms with Gasteiger partial charge in [-0.25, -0.2) is 4.79 Å². The molecule has 118 valence electrons. The second-order valence-electron chi connectivity index (χ2n) is 6.48. The van der Waals surface area contributed by atoms with E-state index in [1.165, 1.54) is 0 Å². The first-order valence-corrected chi connectivity index (χ1v) is 7.74. The van der Waals surface area contributed by atoms with Crippen molar-refractivity contribution in [1.82, 2.24) is 10.2 Å². The van der Waals surface area contributed by atoms with Crippen molar-refractivity contribution in [2.45, 2.75) is 64.5 Å². The number of ether oxygens (including phenoxy) is 1. The second-order valence-corrected chi connectivity index (χ2v) is 6.48. The van der Waals surface area contributed by atoms with E-state index in [9.17, 15) is 4.79 Å². The van der Waals surface area contributed by atoms with Crippen LogP contribution in [0.3, 0.4) is 0 Å². The van der Waals surface area contributed by atoms with E-state index in [0.29, 0.717) is 6.04 Å². The number of hydrogen-bond donors (Lipinski definition) is 2. The molecular formula is C15H30N2O3. The highest BCUT2D eigenvalue weighted by molar-refractivity contribution is 5.68. The summed E-state index contributed by atoms with van der Waals surface area (Å²) in [5.41, 5.74) is -0.418. The topological polar surface area (TPSA) is 61.8 Å². The largest absolute Gasteiger partial charge is 0.444 e. The van der Waals surface area contributed by atoms with E-state index in [0.717, 1.165) is 51.7 Å². The van der Waals surface area contributed by atoms with Gasteiger partial charge in [0.15, 0.2) is 0 Å². The van der Waals surface area contributed by atoms with Crippen molar-refractivity contribution in [3.05, 3.63) is 0 Å². The van der Waals surface area contributed by atoms with Crippen LogP contribution in [0.2, 0.25) is 0 Å². The van der Waals surface area contributed by atoms with Crippen LogP contribution in [0.15, 0.2) is 0 Å². The molecule has 0 aromatic rings. The molecule has 0 spiro atoms. The lowest BCUT2D eigenvalue weighted by molar-refractivity contribution is 0.0198. The minimum absolute atomic E-state index is 0.195. The third-order valence-electron chi connectivity index (χ3n) is 3.41. The van der Waals surface area contributed by atoms with Gasteiger partial charge in [0.05, 0.1) is 0 Å². The fraction of sp³-hybridized carbons (Fsp3) is 0.933. The van der Waals surface area contributed by atoms with Crippen LogP contribution in [-0.2, 0) is 4.74 Å². The van der Waals surface area contributed by atoms with Crippen LogP contribution in [0.4, 0.5) is 4.79 Å². The summed E-state index contributed by atoms with van der Waals surface area (Å²) >= 11 is 0. The monoisotopic (exact) mass is 286 g/mol. The first kappa shape index (κ1) is 17.2. The average Bonchev–Trinajstić information content (AvgIpc) is 2.37. The van der Waals surface area contributed by atoms with E-state index in [4.69, 9.17) is 9.84 Å². The van der Waals surface area contributed by atoms with Crippen molar-refractivity contribution in [3.63, 3.8) is 0 Å². The van der Waals surface area contributed by atoms with Crippen LogP contribution in [0.5, 0.6) is 0 Å². The van der Waals surface area contributed by atoms with Crippen LogP contribution in [0, 0.1) is 0 Å². The molecule has 0 atom stereocenters. The van der Waals surface area contributed by atoms with Crippen LogP contribution in [0.1, 0.15) is 52.9 Å². The molecule has 5 nitrogen and oxygen atoms in total. The Morgan fingerprint density at radius 2 is 1.90 bits per heavy atom. The van der Waals surface area contributed by atoms with Crippen LogP contribution in [0.25, 0.3) is 0 Å². The van der Waals surface area contributed by atoms with E-state index in [-0.39, 0.29) is 12.7 Å². The molecule has 1 amide bonds. The van der Waals surface area contributed by atoms with E-state index in [1.807, 2.05) is 20.8 Å². The molecule has 1 rings (SSSR count). The predicted molar refractivity (Wildman–Crippen MR) is 79.8 cm³/mol. The van der Waals surface area contributed by atoms with Gasteiger partial charge in [-0.2, -0.15) is 0 Å². The number of nitrogens with zero attached hydrogens (tertiary/aromatic N) is 1. The van der Waals surface area contributed by atoms with Crippen LogP contribution >= 0.6 is 0 Å². The van der Waals surface area contributed by atoms with Crippen molar-refractivity contribution in [1.29, 1.82) is 0 Å². The van der Waals surface area contributed by atoms with Crippen molar-refractivity contribution in [2.24, 2.45) is 0 Å². The Morgan fingerprint density at radius 3 is 2.45 bits per heavy atom. The summed E-state index contributed by atoms with van der Waals surface area (Å²) in [6.45, 7) is 8.50. The summed E-state index contributed by atoms with van der Waals surface area (Å²) in [5.74, 6) is 0. The maximum Gasteiger partial charge on any atom is 0.410 e. The molecule has 0 saturated carbocycles. The number of piperidine rings is 1. The summed E-state index contributed by atoms with van der Waals surface area (Å²) in [7, 11) is 0. The minimum atomic E-state index is -0.418. The Labute approximate surface area is 122 Å². The number of carbonyl (C=O) groups excluding carboxylic acids is 1.